The second-order valence-electron chi connectivity index (χ2n) is 5.40. The molecule has 0 aliphatic heterocycles. The summed E-state index contributed by atoms with van der Waals surface area (Å²) in [5, 5.41) is 5.94. The van der Waals surface area contributed by atoms with E-state index >= 15 is 0 Å². The van der Waals surface area contributed by atoms with Gasteiger partial charge in [-0.05, 0) is 38.1 Å². The standard InChI is InChI=1S/C12H22N2O3S/c1-2-13-11(9-3-4-9)7-18(16,17)8-12(15)14-10-5-6-10/h9-11,13H,2-8H2,1H3,(H,14,15). The van der Waals surface area contributed by atoms with Crippen molar-refractivity contribution in [2.24, 2.45) is 5.92 Å². The van der Waals surface area contributed by atoms with Gasteiger partial charge in [-0.25, -0.2) is 8.42 Å². The van der Waals surface area contributed by atoms with Crippen LogP contribution in [-0.2, 0) is 14.6 Å². The largest absolute Gasteiger partial charge is 0.352 e. The van der Waals surface area contributed by atoms with Crippen LogP contribution in [0.15, 0.2) is 0 Å². The smallest absolute Gasteiger partial charge is 0.235 e. The molecule has 6 heteroatoms. The summed E-state index contributed by atoms with van der Waals surface area (Å²) in [6, 6.07) is 0.245. The van der Waals surface area contributed by atoms with Gasteiger partial charge in [0.05, 0.1) is 5.75 Å². The SMILES string of the molecule is CCNC(CS(=O)(=O)CC(=O)NC1CC1)C1CC1. The Bertz CT molecular complexity index is 400. The number of hydrogen-bond donors (Lipinski definition) is 2. The second kappa shape index (κ2) is 5.57. The minimum Gasteiger partial charge on any atom is -0.352 e. The van der Waals surface area contributed by atoms with Crippen molar-refractivity contribution in [3.05, 3.63) is 0 Å². The molecule has 2 rings (SSSR count). The summed E-state index contributed by atoms with van der Waals surface area (Å²) in [7, 11) is -3.30. The predicted octanol–water partition coefficient (Wildman–Crippen LogP) is 0.0679. The van der Waals surface area contributed by atoms with Crippen molar-refractivity contribution < 1.29 is 13.2 Å². The highest BCUT2D eigenvalue weighted by Crippen LogP contribution is 2.33. The summed E-state index contributed by atoms with van der Waals surface area (Å²) >= 11 is 0. The van der Waals surface area contributed by atoms with Crippen LogP contribution in [0.2, 0.25) is 0 Å². The first-order valence-electron chi connectivity index (χ1n) is 6.73. The number of carbonyl (C=O) groups excluding carboxylic acids is 1. The summed E-state index contributed by atoms with van der Waals surface area (Å²) in [5.74, 6) is -0.142. The van der Waals surface area contributed by atoms with E-state index < -0.39 is 9.84 Å². The third-order valence-corrected chi connectivity index (χ3v) is 4.95. The Morgan fingerprint density at radius 1 is 1.28 bits per heavy atom. The normalized spacial score (nSPS) is 21.6. The molecule has 0 heterocycles. The van der Waals surface area contributed by atoms with Crippen LogP contribution < -0.4 is 10.6 Å². The van der Waals surface area contributed by atoms with E-state index in [4.69, 9.17) is 0 Å². The van der Waals surface area contributed by atoms with Gasteiger partial charge in [-0.1, -0.05) is 6.92 Å². The summed E-state index contributed by atoms with van der Waals surface area (Å²) in [4.78, 5) is 11.5. The zero-order valence-corrected chi connectivity index (χ0v) is 11.6. The highest BCUT2D eigenvalue weighted by molar-refractivity contribution is 7.92. The Morgan fingerprint density at radius 3 is 2.44 bits per heavy atom. The van der Waals surface area contributed by atoms with Gasteiger partial charge >= 0.3 is 0 Å². The summed E-state index contributed by atoms with van der Waals surface area (Å²) in [6.07, 6.45) is 4.16. The summed E-state index contributed by atoms with van der Waals surface area (Å²) in [5.41, 5.74) is 0. The predicted molar refractivity (Wildman–Crippen MR) is 70.0 cm³/mol. The number of nitrogens with one attached hydrogen (secondary N) is 2. The molecule has 0 aromatic rings. The lowest BCUT2D eigenvalue weighted by molar-refractivity contribution is -0.118. The molecular weight excluding hydrogens is 252 g/mol. The molecule has 0 radical (unpaired) electrons. The number of sulfone groups is 1. The van der Waals surface area contributed by atoms with Gasteiger partial charge in [-0.2, -0.15) is 0 Å². The molecule has 1 unspecified atom stereocenters. The second-order valence-corrected chi connectivity index (χ2v) is 7.51. The maximum atomic E-state index is 12.0. The first-order chi connectivity index (χ1) is 8.50. The van der Waals surface area contributed by atoms with Crippen molar-refractivity contribution in [2.75, 3.05) is 18.1 Å². The van der Waals surface area contributed by atoms with E-state index in [0.29, 0.717) is 5.92 Å². The van der Waals surface area contributed by atoms with Crippen molar-refractivity contribution in [1.82, 2.24) is 10.6 Å². The lowest BCUT2D eigenvalue weighted by Gasteiger charge is -2.17. The molecule has 0 bridgehead atoms. The highest BCUT2D eigenvalue weighted by atomic mass is 32.2. The lowest BCUT2D eigenvalue weighted by atomic mass is 10.2. The Balaban J connectivity index is 1.82. The average molecular weight is 274 g/mol. The van der Waals surface area contributed by atoms with E-state index in [1.165, 1.54) is 0 Å². The Morgan fingerprint density at radius 2 is 1.94 bits per heavy atom. The topological polar surface area (TPSA) is 75.3 Å². The van der Waals surface area contributed by atoms with Crippen LogP contribution in [0.4, 0.5) is 0 Å². The molecule has 1 amide bonds. The third kappa shape index (κ3) is 4.57. The molecule has 1 atom stereocenters. The van der Waals surface area contributed by atoms with E-state index in [1.807, 2.05) is 6.92 Å². The van der Waals surface area contributed by atoms with Gasteiger partial charge in [0.1, 0.15) is 5.75 Å². The fourth-order valence-electron chi connectivity index (χ4n) is 2.15. The molecule has 0 saturated heterocycles. The number of rotatable bonds is 8. The molecule has 2 aliphatic carbocycles. The molecule has 2 fully saturated rings. The van der Waals surface area contributed by atoms with Gasteiger partial charge in [-0.15, -0.1) is 0 Å². The van der Waals surface area contributed by atoms with E-state index in [2.05, 4.69) is 10.6 Å². The van der Waals surface area contributed by atoms with Crippen molar-refractivity contribution in [1.29, 1.82) is 0 Å². The minimum absolute atomic E-state index is 0.0220. The summed E-state index contributed by atoms with van der Waals surface area (Å²) < 4.78 is 23.9. The minimum atomic E-state index is -3.30. The van der Waals surface area contributed by atoms with Crippen molar-refractivity contribution in [2.45, 2.75) is 44.7 Å². The van der Waals surface area contributed by atoms with E-state index in [1.54, 1.807) is 0 Å². The first kappa shape index (κ1) is 13.8. The van der Waals surface area contributed by atoms with Crippen molar-refractivity contribution in [3.63, 3.8) is 0 Å². The number of amides is 1. The van der Waals surface area contributed by atoms with Crippen LogP contribution in [-0.4, -0.2) is 44.5 Å². The monoisotopic (exact) mass is 274 g/mol. The van der Waals surface area contributed by atoms with Crippen LogP contribution in [0.1, 0.15) is 32.6 Å². The van der Waals surface area contributed by atoms with Gasteiger partial charge in [0, 0.05) is 12.1 Å². The average Bonchev–Trinajstić information content (AvgIpc) is 3.10. The Labute approximate surface area is 109 Å². The van der Waals surface area contributed by atoms with Crippen LogP contribution in [0.25, 0.3) is 0 Å². The van der Waals surface area contributed by atoms with E-state index in [0.717, 1.165) is 32.2 Å². The fraction of sp³-hybridized carbons (Fsp3) is 0.917. The van der Waals surface area contributed by atoms with E-state index in [9.17, 15) is 13.2 Å². The van der Waals surface area contributed by atoms with E-state index in [-0.39, 0.29) is 29.5 Å². The molecule has 0 aromatic heterocycles. The highest BCUT2D eigenvalue weighted by Gasteiger charge is 2.34. The molecule has 0 spiro atoms. The number of carbonyl (C=O) groups is 1. The van der Waals surface area contributed by atoms with Crippen LogP contribution in [0.5, 0.6) is 0 Å². The Hall–Kier alpha value is -0.620. The Kier molecular flexibility index (Phi) is 4.27. The van der Waals surface area contributed by atoms with Crippen LogP contribution in [0.3, 0.4) is 0 Å². The molecule has 0 aromatic carbocycles. The van der Waals surface area contributed by atoms with Crippen LogP contribution >= 0.6 is 0 Å². The molecule has 2 N–H and O–H groups in total. The van der Waals surface area contributed by atoms with Crippen molar-refractivity contribution >= 4 is 15.7 Å². The van der Waals surface area contributed by atoms with Gasteiger partial charge in [0.2, 0.25) is 5.91 Å². The maximum Gasteiger partial charge on any atom is 0.235 e. The zero-order chi connectivity index (χ0) is 13.2. The maximum absolute atomic E-state index is 12.0. The lowest BCUT2D eigenvalue weighted by Crippen LogP contribution is -2.40. The quantitative estimate of drug-likeness (QED) is 0.657. The van der Waals surface area contributed by atoms with Crippen LogP contribution in [0, 0.1) is 5.92 Å². The zero-order valence-electron chi connectivity index (χ0n) is 10.8. The molecule has 5 nitrogen and oxygen atoms in total. The molecule has 104 valence electrons. The summed E-state index contributed by atoms with van der Waals surface area (Å²) in [6.45, 7) is 2.74. The molecule has 2 saturated carbocycles. The van der Waals surface area contributed by atoms with Crippen molar-refractivity contribution in [3.8, 4) is 0 Å². The fourth-order valence-corrected chi connectivity index (χ4v) is 3.69. The molecule has 2 aliphatic rings. The number of hydrogen-bond acceptors (Lipinski definition) is 4. The van der Waals surface area contributed by atoms with Gasteiger partial charge in [0.25, 0.3) is 0 Å². The molecule has 18 heavy (non-hydrogen) atoms. The van der Waals surface area contributed by atoms with Gasteiger partial charge in [-0.3, -0.25) is 4.79 Å². The first-order valence-corrected chi connectivity index (χ1v) is 8.55. The third-order valence-electron chi connectivity index (χ3n) is 3.38. The van der Waals surface area contributed by atoms with Gasteiger partial charge in [0.15, 0.2) is 9.84 Å². The molecular formula is C12H22N2O3S. The van der Waals surface area contributed by atoms with Gasteiger partial charge < -0.3 is 10.6 Å².